The molecule has 0 amide bonds. The van der Waals surface area contributed by atoms with Crippen molar-refractivity contribution in [2.45, 2.75) is 25.8 Å². The first-order chi connectivity index (χ1) is 12.7. The molecule has 0 radical (unpaired) electrons. The smallest absolute Gasteiger partial charge is 0.152 e. The van der Waals surface area contributed by atoms with Gasteiger partial charge in [-0.05, 0) is 56.2 Å². The summed E-state index contributed by atoms with van der Waals surface area (Å²) in [6.07, 6.45) is 3.80. The van der Waals surface area contributed by atoms with Gasteiger partial charge in [0, 0.05) is 35.2 Å². The van der Waals surface area contributed by atoms with Crippen molar-refractivity contribution < 1.29 is 5.11 Å². The first kappa shape index (κ1) is 17.1. The SMILES string of the molecule is Cc1cc(N2CCCC2CO)c2ccc(Nc3cccnc3Cl)cc2n1. The highest BCUT2D eigenvalue weighted by Crippen LogP contribution is 2.34. The molecule has 0 saturated carbocycles. The molecular weight excluding hydrogens is 348 g/mol. The molecule has 1 fully saturated rings. The number of aryl methyl sites for hydroxylation is 1. The van der Waals surface area contributed by atoms with E-state index >= 15 is 0 Å². The molecule has 3 aromatic rings. The zero-order valence-electron chi connectivity index (χ0n) is 14.6. The quantitative estimate of drug-likeness (QED) is 0.672. The van der Waals surface area contributed by atoms with Crippen LogP contribution in [0.15, 0.2) is 42.6 Å². The van der Waals surface area contributed by atoms with Crippen LogP contribution < -0.4 is 10.2 Å². The number of aromatic nitrogens is 2. The topological polar surface area (TPSA) is 61.3 Å². The average Bonchev–Trinajstić information content (AvgIpc) is 3.11. The van der Waals surface area contributed by atoms with Crippen molar-refractivity contribution in [3.63, 3.8) is 0 Å². The number of pyridine rings is 2. The monoisotopic (exact) mass is 368 g/mol. The maximum atomic E-state index is 9.69. The Morgan fingerprint density at radius 1 is 1.31 bits per heavy atom. The first-order valence-electron chi connectivity index (χ1n) is 8.82. The molecule has 1 aromatic carbocycles. The van der Waals surface area contributed by atoms with Crippen molar-refractivity contribution in [3.8, 4) is 0 Å². The summed E-state index contributed by atoms with van der Waals surface area (Å²) in [6.45, 7) is 3.15. The third kappa shape index (κ3) is 3.20. The van der Waals surface area contributed by atoms with E-state index in [1.165, 1.54) is 0 Å². The number of nitrogens with one attached hydrogen (secondary N) is 1. The second-order valence-corrected chi connectivity index (χ2v) is 7.01. The molecule has 1 aliphatic heterocycles. The molecule has 3 heterocycles. The minimum absolute atomic E-state index is 0.183. The van der Waals surface area contributed by atoms with E-state index in [0.29, 0.717) is 5.15 Å². The van der Waals surface area contributed by atoms with E-state index in [0.717, 1.165) is 53.0 Å². The van der Waals surface area contributed by atoms with Crippen LogP contribution in [0.2, 0.25) is 5.15 Å². The Balaban J connectivity index is 1.74. The molecule has 6 heteroatoms. The molecule has 0 spiro atoms. The predicted molar refractivity (Wildman–Crippen MR) is 106 cm³/mol. The van der Waals surface area contributed by atoms with Crippen molar-refractivity contribution in [2.75, 3.05) is 23.4 Å². The number of halogens is 1. The van der Waals surface area contributed by atoms with Crippen LogP contribution in [0.25, 0.3) is 10.9 Å². The van der Waals surface area contributed by atoms with Gasteiger partial charge in [0.05, 0.1) is 23.9 Å². The summed E-state index contributed by atoms with van der Waals surface area (Å²) in [4.78, 5) is 11.1. The Labute approximate surface area is 157 Å². The number of fused-ring (bicyclic) bond motifs is 1. The summed E-state index contributed by atoms with van der Waals surface area (Å²) in [5.41, 5.74) is 4.72. The normalized spacial score (nSPS) is 17.0. The summed E-state index contributed by atoms with van der Waals surface area (Å²) in [6, 6.07) is 12.2. The van der Waals surface area contributed by atoms with Crippen LogP contribution in [-0.4, -0.2) is 34.3 Å². The molecule has 1 atom stereocenters. The second kappa shape index (κ2) is 7.09. The third-order valence-electron chi connectivity index (χ3n) is 4.85. The van der Waals surface area contributed by atoms with Gasteiger partial charge in [-0.25, -0.2) is 4.98 Å². The molecule has 1 unspecified atom stereocenters. The fourth-order valence-corrected chi connectivity index (χ4v) is 3.80. The van der Waals surface area contributed by atoms with Crippen molar-refractivity contribution in [1.29, 1.82) is 0 Å². The molecule has 0 bridgehead atoms. The number of hydrogen-bond donors (Lipinski definition) is 2. The molecule has 1 aliphatic rings. The molecular formula is C20H21ClN4O. The number of aliphatic hydroxyl groups is 1. The Bertz CT molecular complexity index is 946. The van der Waals surface area contributed by atoms with Crippen molar-refractivity contribution in [1.82, 2.24) is 9.97 Å². The van der Waals surface area contributed by atoms with Crippen molar-refractivity contribution in [2.24, 2.45) is 0 Å². The summed E-state index contributed by atoms with van der Waals surface area (Å²) in [7, 11) is 0. The van der Waals surface area contributed by atoms with E-state index in [1.54, 1.807) is 6.20 Å². The third-order valence-corrected chi connectivity index (χ3v) is 5.15. The van der Waals surface area contributed by atoms with Gasteiger partial charge in [0.15, 0.2) is 5.15 Å². The Morgan fingerprint density at radius 2 is 2.19 bits per heavy atom. The number of hydrogen-bond acceptors (Lipinski definition) is 5. The molecule has 2 aromatic heterocycles. The standard InChI is InChI=1S/C20H21ClN4O/c1-13-10-19(25-9-3-4-15(25)12-26)16-7-6-14(11-18(16)23-13)24-17-5-2-8-22-20(17)21/h2,5-8,10-11,15,24,26H,3-4,9,12H2,1H3. The lowest BCUT2D eigenvalue weighted by Gasteiger charge is -2.27. The number of aliphatic hydroxyl groups excluding tert-OH is 1. The predicted octanol–water partition coefficient (Wildman–Crippen LogP) is 4.30. The van der Waals surface area contributed by atoms with E-state index in [2.05, 4.69) is 27.3 Å². The summed E-state index contributed by atoms with van der Waals surface area (Å²) in [5.74, 6) is 0. The second-order valence-electron chi connectivity index (χ2n) is 6.65. The van der Waals surface area contributed by atoms with Gasteiger partial charge in [0.1, 0.15) is 0 Å². The van der Waals surface area contributed by atoms with E-state index < -0.39 is 0 Å². The summed E-state index contributed by atoms with van der Waals surface area (Å²) in [5, 5.41) is 14.5. The summed E-state index contributed by atoms with van der Waals surface area (Å²) < 4.78 is 0. The van der Waals surface area contributed by atoms with Gasteiger partial charge >= 0.3 is 0 Å². The van der Waals surface area contributed by atoms with Gasteiger partial charge in [0.2, 0.25) is 0 Å². The fraction of sp³-hybridized carbons (Fsp3) is 0.300. The number of anilines is 3. The van der Waals surface area contributed by atoms with Crippen molar-refractivity contribution in [3.05, 3.63) is 53.4 Å². The van der Waals surface area contributed by atoms with E-state index in [4.69, 9.17) is 16.6 Å². The van der Waals surface area contributed by atoms with Gasteiger partial charge in [0.25, 0.3) is 0 Å². The fourth-order valence-electron chi connectivity index (χ4n) is 3.63. The van der Waals surface area contributed by atoms with Crippen LogP contribution in [0, 0.1) is 6.92 Å². The first-order valence-corrected chi connectivity index (χ1v) is 9.20. The van der Waals surface area contributed by atoms with E-state index in [9.17, 15) is 5.11 Å². The number of benzene rings is 1. The molecule has 26 heavy (non-hydrogen) atoms. The van der Waals surface area contributed by atoms with Gasteiger partial charge in [-0.3, -0.25) is 4.98 Å². The van der Waals surface area contributed by atoms with Gasteiger partial charge in [-0.1, -0.05) is 11.6 Å². The minimum Gasteiger partial charge on any atom is -0.394 e. The maximum Gasteiger partial charge on any atom is 0.152 e. The lowest BCUT2D eigenvalue weighted by molar-refractivity contribution is 0.266. The highest BCUT2D eigenvalue weighted by atomic mass is 35.5. The van der Waals surface area contributed by atoms with Gasteiger partial charge in [-0.15, -0.1) is 0 Å². The molecule has 2 N–H and O–H groups in total. The Morgan fingerprint density at radius 3 is 3.00 bits per heavy atom. The van der Waals surface area contributed by atoms with Gasteiger partial charge in [-0.2, -0.15) is 0 Å². The molecule has 1 saturated heterocycles. The largest absolute Gasteiger partial charge is 0.394 e. The van der Waals surface area contributed by atoms with Crippen LogP contribution in [0.5, 0.6) is 0 Å². The Kier molecular flexibility index (Phi) is 4.66. The number of nitrogens with zero attached hydrogens (tertiary/aromatic N) is 3. The zero-order valence-corrected chi connectivity index (χ0v) is 15.4. The average molecular weight is 369 g/mol. The zero-order chi connectivity index (χ0) is 18.1. The van der Waals surface area contributed by atoms with Crippen LogP contribution in [-0.2, 0) is 0 Å². The minimum atomic E-state index is 0.183. The van der Waals surface area contributed by atoms with Crippen molar-refractivity contribution >= 4 is 39.6 Å². The maximum absolute atomic E-state index is 9.69. The van der Waals surface area contributed by atoms with E-state index in [1.807, 2.05) is 31.2 Å². The van der Waals surface area contributed by atoms with Crippen LogP contribution in [0.3, 0.4) is 0 Å². The van der Waals surface area contributed by atoms with Crippen LogP contribution in [0.1, 0.15) is 18.5 Å². The van der Waals surface area contributed by atoms with E-state index in [-0.39, 0.29) is 12.6 Å². The molecule has 4 rings (SSSR count). The number of rotatable bonds is 4. The Hall–Kier alpha value is -2.37. The van der Waals surface area contributed by atoms with Crippen LogP contribution >= 0.6 is 11.6 Å². The van der Waals surface area contributed by atoms with Crippen LogP contribution in [0.4, 0.5) is 17.1 Å². The molecule has 0 aliphatic carbocycles. The lowest BCUT2D eigenvalue weighted by atomic mass is 10.1. The highest BCUT2D eigenvalue weighted by Gasteiger charge is 2.25. The molecule has 134 valence electrons. The molecule has 5 nitrogen and oxygen atoms in total. The van der Waals surface area contributed by atoms with Gasteiger partial charge < -0.3 is 15.3 Å². The lowest BCUT2D eigenvalue weighted by Crippen LogP contribution is -2.32. The summed E-state index contributed by atoms with van der Waals surface area (Å²) >= 11 is 6.14. The highest BCUT2D eigenvalue weighted by molar-refractivity contribution is 6.32.